The minimum atomic E-state index is -0.801. The largest absolute Gasteiger partial charge is 0.481 e. The molecule has 0 aromatic heterocycles. The van der Waals surface area contributed by atoms with Gasteiger partial charge in [-0.05, 0) is 25.2 Å². The minimum Gasteiger partial charge on any atom is -0.481 e. The van der Waals surface area contributed by atoms with Gasteiger partial charge in [0.2, 0.25) is 0 Å². The van der Waals surface area contributed by atoms with Crippen LogP contribution in [-0.2, 0) is 9.53 Å². The lowest BCUT2D eigenvalue weighted by molar-refractivity contribution is -0.143. The molecule has 2 saturated heterocycles. The van der Waals surface area contributed by atoms with Gasteiger partial charge in [-0.25, -0.2) is 4.79 Å². The van der Waals surface area contributed by atoms with Gasteiger partial charge >= 0.3 is 12.0 Å². The quantitative estimate of drug-likeness (QED) is 0.828. The maximum absolute atomic E-state index is 12.5. The number of nitrogens with zero attached hydrogens (tertiary/aromatic N) is 2. The number of methoxy groups -OCH3 is 1. The van der Waals surface area contributed by atoms with Gasteiger partial charge in [0.05, 0.1) is 12.0 Å². The number of aliphatic carboxylic acids is 1. The first kappa shape index (κ1) is 15.1. The molecule has 2 aliphatic heterocycles. The molecule has 0 aromatic rings. The van der Waals surface area contributed by atoms with Crippen molar-refractivity contribution in [2.75, 3.05) is 33.3 Å². The van der Waals surface area contributed by atoms with Gasteiger partial charge in [0.1, 0.15) is 0 Å². The van der Waals surface area contributed by atoms with E-state index in [0.29, 0.717) is 32.0 Å². The molecule has 0 aromatic carbocycles. The van der Waals surface area contributed by atoms with Gasteiger partial charge < -0.3 is 19.6 Å². The van der Waals surface area contributed by atoms with E-state index in [9.17, 15) is 9.59 Å². The van der Waals surface area contributed by atoms with Crippen LogP contribution in [0.25, 0.3) is 0 Å². The Kier molecular flexibility index (Phi) is 4.86. The smallest absolute Gasteiger partial charge is 0.320 e. The molecule has 2 unspecified atom stereocenters. The van der Waals surface area contributed by atoms with Crippen molar-refractivity contribution in [1.29, 1.82) is 0 Å². The summed E-state index contributed by atoms with van der Waals surface area (Å²) < 4.78 is 5.42. The molecular formula is C14H24N2O4. The summed E-state index contributed by atoms with van der Waals surface area (Å²) in [5.74, 6) is -0.767. The van der Waals surface area contributed by atoms with Crippen molar-refractivity contribution in [3.8, 4) is 0 Å². The molecule has 2 rings (SSSR count). The number of piperidine rings is 2. The molecule has 2 amide bonds. The zero-order valence-corrected chi connectivity index (χ0v) is 12.2. The molecule has 114 valence electrons. The number of ether oxygens (including phenoxy) is 1. The van der Waals surface area contributed by atoms with Gasteiger partial charge in [0.25, 0.3) is 0 Å². The van der Waals surface area contributed by atoms with Gasteiger partial charge in [0, 0.05) is 33.3 Å². The summed E-state index contributed by atoms with van der Waals surface area (Å²) in [6, 6.07) is -0.0371. The molecule has 3 atom stereocenters. The van der Waals surface area contributed by atoms with E-state index < -0.39 is 11.9 Å². The zero-order chi connectivity index (χ0) is 14.7. The summed E-state index contributed by atoms with van der Waals surface area (Å²) in [5.41, 5.74) is 0. The predicted molar refractivity (Wildman–Crippen MR) is 73.5 cm³/mol. The molecule has 6 nitrogen and oxygen atoms in total. The third kappa shape index (κ3) is 3.23. The summed E-state index contributed by atoms with van der Waals surface area (Å²) in [7, 11) is 1.68. The van der Waals surface area contributed by atoms with Crippen LogP contribution in [0.15, 0.2) is 0 Å². The second-order valence-corrected chi connectivity index (χ2v) is 5.89. The SMILES string of the molecule is COC1CN(C(=O)N2CCC[C@@H](C(=O)O)C2)CCC1C. The Morgan fingerprint density at radius 3 is 2.50 bits per heavy atom. The lowest BCUT2D eigenvalue weighted by Crippen LogP contribution is -2.54. The summed E-state index contributed by atoms with van der Waals surface area (Å²) in [6.07, 6.45) is 2.44. The van der Waals surface area contributed by atoms with Crippen molar-refractivity contribution >= 4 is 12.0 Å². The van der Waals surface area contributed by atoms with Crippen molar-refractivity contribution in [3.05, 3.63) is 0 Å². The van der Waals surface area contributed by atoms with E-state index in [-0.39, 0.29) is 12.1 Å². The summed E-state index contributed by atoms with van der Waals surface area (Å²) >= 11 is 0. The number of likely N-dealkylation sites (tertiary alicyclic amines) is 2. The highest BCUT2D eigenvalue weighted by Crippen LogP contribution is 2.23. The lowest BCUT2D eigenvalue weighted by Gasteiger charge is -2.40. The van der Waals surface area contributed by atoms with E-state index in [0.717, 1.165) is 19.4 Å². The van der Waals surface area contributed by atoms with E-state index in [1.165, 1.54) is 0 Å². The molecule has 0 saturated carbocycles. The Morgan fingerprint density at radius 1 is 1.15 bits per heavy atom. The maximum atomic E-state index is 12.5. The number of carbonyl (C=O) groups excluding carboxylic acids is 1. The van der Waals surface area contributed by atoms with Crippen LogP contribution in [0.5, 0.6) is 0 Å². The van der Waals surface area contributed by atoms with Crippen LogP contribution in [0.2, 0.25) is 0 Å². The Morgan fingerprint density at radius 2 is 1.85 bits per heavy atom. The van der Waals surface area contributed by atoms with Crippen LogP contribution in [-0.4, -0.2) is 66.3 Å². The van der Waals surface area contributed by atoms with E-state index in [1.807, 2.05) is 0 Å². The monoisotopic (exact) mass is 284 g/mol. The fraction of sp³-hybridized carbons (Fsp3) is 0.857. The number of amides is 2. The fourth-order valence-corrected chi connectivity index (χ4v) is 3.07. The van der Waals surface area contributed by atoms with Crippen LogP contribution < -0.4 is 0 Å². The fourth-order valence-electron chi connectivity index (χ4n) is 3.07. The first-order valence-electron chi connectivity index (χ1n) is 7.32. The molecule has 2 heterocycles. The van der Waals surface area contributed by atoms with Gasteiger partial charge in [-0.15, -0.1) is 0 Å². The summed E-state index contributed by atoms with van der Waals surface area (Å²) in [5, 5.41) is 9.09. The van der Waals surface area contributed by atoms with E-state index in [4.69, 9.17) is 9.84 Å². The number of rotatable bonds is 2. The van der Waals surface area contributed by atoms with Crippen molar-refractivity contribution < 1.29 is 19.4 Å². The molecule has 6 heteroatoms. The van der Waals surface area contributed by atoms with Gasteiger partial charge in [-0.3, -0.25) is 4.79 Å². The van der Waals surface area contributed by atoms with Crippen LogP contribution >= 0.6 is 0 Å². The van der Waals surface area contributed by atoms with E-state index in [2.05, 4.69) is 6.92 Å². The van der Waals surface area contributed by atoms with Gasteiger partial charge in [-0.2, -0.15) is 0 Å². The van der Waals surface area contributed by atoms with Gasteiger partial charge in [0.15, 0.2) is 0 Å². The van der Waals surface area contributed by atoms with Crippen molar-refractivity contribution in [2.45, 2.75) is 32.3 Å². The molecule has 2 fully saturated rings. The van der Waals surface area contributed by atoms with Crippen LogP contribution in [0, 0.1) is 11.8 Å². The average Bonchev–Trinajstić information content (AvgIpc) is 2.47. The van der Waals surface area contributed by atoms with Gasteiger partial charge in [-0.1, -0.05) is 6.92 Å². The topological polar surface area (TPSA) is 70.1 Å². The number of hydrogen-bond acceptors (Lipinski definition) is 3. The lowest BCUT2D eigenvalue weighted by atomic mass is 9.95. The third-order valence-electron chi connectivity index (χ3n) is 4.50. The van der Waals surface area contributed by atoms with Crippen LogP contribution in [0.4, 0.5) is 4.79 Å². The Labute approximate surface area is 119 Å². The van der Waals surface area contributed by atoms with Crippen LogP contribution in [0.1, 0.15) is 26.2 Å². The van der Waals surface area contributed by atoms with Crippen molar-refractivity contribution in [3.63, 3.8) is 0 Å². The highest BCUT2D eigenvalue weighted by atomic mass is 16.5. The maximum Gasteiger partial charge on any atom is 0.320 e. The Hall–Kier alpha value is -1.30. The molecule has 20 heavy (non-hydrogen) atoms. The number of carboxylic acids is 1. The molecule has 0 aliphatic carbocycles. The summed E-state index contributed by atoms with van der Waals surface area (Å²) in [4.78, 5) is 27.1. The Balaban J connectivity index is 1.95. The number of carboxylic acid groups (broad SMARTS) is 1. The highest BCUT2D eigenvalue weighted by Gasteiger charge is 2.34. The van der Waals surface area contributed by atoms with Crippen molar-refractivity contribution in [2.24, 2.45) is 11.8 Å². The second-order valence-electron chi connectivity index (χ2n) is 5.89. The molecular weight excluding hydrogens is 260 g/mol. The predicted octanol–water partition coefficient (Wildman–Crippen LogP) is 1.26. The number of hydrogen-bond donors (Lipinski definition) is 1. The Bertz CT molecular complexity index is 374. The average molecular weight is 284 g/mol. The molecule has 0 radical (unpaired) electrons. The number of urea groups is 1. The van der Waals surface area contributed by atoms with Crippen LogP contribution in [0.3, 0.4) is 0 Å². The minimum absolute atomic E-state index is 0.0371. The molecule has 0 spiro atoms. The molecule has 1 N–H and O–H groups in total. The third-order valence-corrected chi connectivity index (χ3v) is 4.50. The summed E-state index contributed by atoms with van der Waals surface area (Å²) in [6.45, 7) is 4.46. The second kappa shape index (κ2) is 6.43. The van der Waals surface area contributed by atoms with E-state index in [1.54, 1.807) is 16.9 Å². The molecule has 0 bridgehead atoms. The highest BCUT2D eigenvalue weighted by molar-refractivity contribution is 5.76. The normalized spacial score (nSPS) is 31.2. The number of carbonyl (C=O) groups is 2. The molecule has 2 aliphatic rings. The first-order valence-corrected chi connectivity index (χ1v) is 7.32. The van der Waals surface area contributed by atoms with Crippen molar-refractivity contribution in [1.82, 2.24) is 9.80 Å². The first-order chi connectivity index (χ1) is 9.52. The van der Waals surface area contributed by atoms with E-state index >= 15 is 0 Å². The standard InChI is InChI=1S/C14H24N2O4/c1-10-5-7-16(9-12(10)20-2)14(19)15-6-3-4-11(8-15)13(17)18/h10-12H,3-9H2,1-2H3,(H,17,18)/t10?,11-,12?/m1/s1. The zero-order valence-electron chi connectivity index (χ0n) is 12.2.